The van der Waals surface area contributed by atoms with E-state index < -0.39 is 7.37 Å². The van der Waals surface area contributed by atoms with E-state index in [9.17, 15) is 9.67 Å². The Bertz CT molecular complexity index is 966. The van der Waals surface area contributed by atoms with Crippen molar-refractivity contribution < 1.29 is 14.2 Å². The largest absolute Gasteiger partial charge is 0.508 e. The Morgan fingerprint density at radius 1 is 1.00 bits per heavy atom. The molecule has 4 heteroatoms. The van der Waals surface area contributed by atoms with Crippen molar-refractivity contribution in [2.45, 2.75) is 13.3 Å². The number of fused-ring (bicyclic) bond motifs is 3. The smallest absolute Gasteiger partial charge is 0.307 e. The Morgan fingerprint density at radius 2 is 1.71 bits per heavy atom. The lowest BCUT2D eigenvalue weighted by atomic mass is 10.0. The van der Waals surface area contributed by atoms with E-state index in [2.05, 4.69) is 0 Å². The predicted molar refractivity (Wildman–Crippen MR) is 96.9 cm³/mol. The van der Waals surface area contributed by atoms with E-state index in [1.165, 1.54) is 0 Å². The lowest BCUT2D eigenvalue weighted by Gasteiger charge is -2.29. The molecule has 1 heterocycles. The maximum Gasteiger partial charge on any atom is 0.307 e. The van der Waals surface area contributed by atoms with Crippen LogP contribution in [-0.2, 0) is 4.57 Å². The number of rotatable bonds is 1. The molecule has 1 atom stereocenters. The molecule has 2 aromatic rings. The Labute approximate surface area is 141 Å². The van der Waals surface area contributed by atoms with Crippen LogP contribution in [0.2, 0.25) is 0 Å². The van der Waals surface area contributed by atoms with Crippen LogP contribution in [0.4, 0.5) is 0 Å². The van der Waals surface area contributed by atoms with Crippen molar-refractivity contribution in [1.82, 2.24) is 0 Å². The molecule has 0 aromatic heterocycles. The van der Waals surface area contributed by atoms with Crippen molar-refractivity contribution in [1.29, 1.82) is 0 Å². The average molecular weight is 336 g/mol. The van der Waals surface area contributed by atoms with E-state index in [-0.39, 0.29) is 5.76 Å². The van der Waals surface area contributed by atoms with Gasteiger partial charge in [-0.1, -0.05) is 48.6 Å². The first-order valence-corrected chi connectivity index (χ1v) is 9.49. The molecule has 0 saturated carbocycles. The van der Waals surface area contributed by atoms with Gasteiger partial charge in [-0.25, -0.2) is 0 Å². The molecular weight excluding hydrogens is 319 g/mol. The van der Waals surface area contributed by atoms with Crippen molar-refractivity contribution in [2.24, 2.45) is 0 Å². The van der Waals surface area contributed by atoms with Crippen molar-refractivity contribution in [2.75, 3.05) is 0 Å². The molecule has 1 N–H and O–H groups in total. The minimum absolute atomic E-state index is 0.133. The topological polar surface area (TPSA) is 46.5 Å². The van der Waals surface area contributed by atoms with Gasteiger partial charge in [-0.3, -0.25) is 4.57 Å². The van der Waals surface area contributed by atoms with Gasteiger partial charge < -0.3 is 9.63 Å². The van der Waals surface area contributed by atoms with Crippen LogP contribution in [0.15, 0.2) is 83.4 Å². The highest BCUT2D eigenvalue weighted by Crippen LogP contribution is 2.60. The summed E-state index contributed by atoms with van der Waals surface area (Å²) in [6, 6.07) is 15.2. The van der Waals surface area contributed by atoms with Crippen LogP contribution in [0.3, 0.4) is 0 Å². The number of allylic oxidation sites excluding steroid dienone is 5. The van der Waals surface area contributed by atoms with Gasteiger partial charge in [-0.15, -0.1) is 0 Å². The summed E-state index contributed by atoms with van der Waals surface area (Å²) in [5, 5.41) is 11.4. The average Bonchev–Trinajstić information content (AvgIpc) is 2.77. The van der Waals surface area contributed by atoms with E-state index >= 15 is 0 Å². The summed E-state index contributed by atoms with van der Waals surface area (Å²) in [4.78, 5) is 0. The van der Waals surface area contributed by atoms with E-state index in [0.717, 1.165) is 16.7 Å². The Morgan fingerprint density at radius 3 is 2.54 bits per heavy atom. The van der Waals surface area contributed by atoms with Crippen molar-refractivity contribution in [3.63, 3.8) is 0 Å². The Kier molecular flexibility index (Phi) is 3.47. The third kappa shape index (κ3) is 2.24. The van der Waals surface area contributed by atoms with Crippen LogP contribution in [0.1, 0.15) is 13.3 Å². The normalized spacial score (nSPS) is 22.1. The molecular formula is C20H17O3P. The third-order valence-corrected chi connectivity index (χ3v) is 6.87. The van der Waals surface area contributed by atoms with Gasteiger partial charge in [-0.2, -0.15) is 0 Å². The van der Waals surface area contributed by atoms with Gasteiger partial charge in [0.2, 0.25) is 0 Å². The molecule has 0 amide bonds. The molecule has 24 heavy (non-hydrogen) atoms. The number of aliphatic hydroxyl groups excluding tert-OH is 1. The van der Waals surface area contributed by atoms with Crippen LogP contribution in [0.25, 0.3) is 11.1 Å². The number of aliphatic hydroxyl groups is 1. The number of benzene rings is 2. The minimum atomic E-state index is -3.31. The standard InChI is InChI=1S/C20H17O3P/c1-14-7-6-8-15(13-18(14)21)24(22)20-12-5-3-10-17(20)16-9-2-4-11-19(16)23-24/h2-5,7-13,21H,6H2,1H3. The van der Waals surface area contributed by atoms with Crippen molar-refractivity contribution in [3.8, 4) is 16.9 Å². The molecule has 120 valence electrons. The Hall–Kier alpha value is -2.51. The van der Waals surface area contributed by atoms with E-state index in [0.29, 0.717) is 22.8 Å². The summed E-state index contributed by atoms with van der Waals surface area (Å²) in [5.74, 6) is 0.746. The summed E-state index contributed by atoms with van der Waals surface area (Å²) in [7, 11) is -3.31. The number of para-hydroxylation sites is 1. The Balaban J connectivity index is 1.94. The van der Waals surface area contributed by atoms with Gasteiger partial charge in [0.1, 0.15) is 11.5 Å². The summed E-state index contributed by atoms with van der Waals surface area (Å²) >= 11 is 0. The number of hydrogen-bond acceptors (Lipinski definition) is 3. The van der Waals surface area contributed by atoms with Gasteiger partial charge in [0.25, 0.3) is 0 Å². The van der Waals surface area contributed by atoms with E-state index in [1.807, 2.05) is 67.6 Å². The number of hydrogen-bond donors (Lipinski definition) is 1. The van der Waals surface area contributed by atoms with Crippen LogP contribution >= 0.6 is 7.37 Å². The molecule has 0 saturated heterocycles. The van der Waals surface area contributed by atoms with Gasteiger partial charge in [0.15, 0.2) is 0 Å². The molecule has 0 fully saturated rings. The second-order valence-electron chi connectivity index (χ2n) is 5.94. The van der Waals surface area contributed by atoms with Crippen LogP contribution in [-0.4, -0.2) is 5.11 Å². The first kappa shape index (κ1) is 15.0. The highest BCUT2D eigenvalue weighted by molar-refractivity contribution is 7.72. The van der Waals surface area contributed by atoms with Gasteiger partial charge in [0, 0.05) is 5.56 Å². The van der Waals surface area contributed by atoms with Gasteiger partial charge in [-0.05, 0) is 42.7 Å². The highest BCUT2D eigenvalue weighted by atomic mass is 31.2. The molecule has 0 spiro atoms. The summed E-state index contributed by atoms with van der Waals surface area (Å²) in [5.41, 5.74) is 2.64. The fraction of sp³-hybridized carbons (Fsp3) is 0.100. The van der Waals surface area contributed by atoms with Crippen LogP contribution < -0.4 is 9.83 Å². The summed E-state index contributed by atoms with van der Waals surface area (Å²) in [6.07, 6.45) is 5.97. The van der Waals surface area contributed by atoms with Crippen molar-refractivity contribution >= 4 is 12.7 Å². The molecule has 2 aliphatic rings. The van der Waals surface area contributed by atoms with E-state index in [1.54, 1.807) is 6.08 Å². The maximum atomic E-state index is 13.9. The lowest BCUT2D eigenvalue weighted by molar-refractivity contribution is 0.423. The zero-order valence-electron chi connectivity index (χ0n) is 13.3. The van der Waals surface area contributed by atoms with Crippen LogP contribution in [0, 0.1) is 0 Å². The van der Waals surface area contributed by atoms with Gasteiger partial charge in [0.05, 0.1) is 10.6 Å². The molecule has 0 bridgehead atoms. The van der Waals surface area contributed by atoms with Crippen molar-refractivity contribution in [3.05, 3.63) is 83.4 Å². The minimum Gasteiger partial charge on any atom is -0.508 e. The molecule has 1 aliphatic heterocycles. The van der Waals surface area contributed by atoms with Gasteiger partial charge >= 0.3 is 7.37 Å². The third-order valence-electron chi connectivity index (χ3n) is 4.40. The zero-order valence-corrected chi connectivity index (χ0v) is 14.2. The molecule has 1 aliphatic carbocycles. The molecule has 1 unspecified atom stereocenters. The fourth-order valence-electron chi connectivity index (χ4n) is 3.09. The fourth-order valence-corrected chi connectivity index (χ4v) is 5.44. The second kappa shape index (κ2) is 5.54. The zero-order chi connectivity index (χ0) is 16.7. The lowest BCUT2D eigenvalue weighted by Crippen LogP contribution is -2.18. The quantitative estimate of drug-likeness (QED) is 0.716. The molecule has 3 nitrogen and oxygen atoms in total. The second-order valence-corrected chi connectivity index (χ2v) is 8.22. The predicted octanol–water partition coefficient (Wildman–Crippen LogP) is 5.33. The molecule has 4 rings (SSSR count). The monoisotopic (exact) mass is 336 g/mol. The SMILES string of the molecule is CC1=CCC=C(P2(=O)Oc3ccccc3-c3ccccc32)C=C1O. The molecule has 0 radical (unpaired) electrons. The highest BCUT2D eigenvalue weighted by Gasteiger charge is 2.38. The molecule has 2 aromatic carbocycles. The van der Waals surface area contributed by atoms with Crippen LogP contribution in [0.5, 0.6) is 5.75 Å². The first-order valence-electron chi connectivity index (χ1n) is 7.87. The first-order chi connectivity index (χ1) is 11.6. The summed E-state index contributed by atoms with van der Waals surface area (Å²) in [6.45, 7) is 1.84. The summed E-state index contributed by atoms with van der Waals surface area (Å²) < 4.78 is 19.9. The van der Waals surface area contributed by atoms with E-state index in [4.69, 9.17) is 4.52 Å². The maximum absolute atomic E-state index is 13.9.